The summed E-state index contributed by atoms with van der Waals surface area (Å²) in [6.45, 7) is -0.0813. The Labute approximate surface area is 282 Å². The first-order chi connectivity index (χ1) is 23.8. The highest BCUT2D eigenvalue weighted by atomic mass is 32.3. The van der Waals surface area contributed by atoms with E-state index in [1.54, 1.807) is 0 Å². The molecular formula is C43H28BNO2S. The van der Waals surface area contributed by atoms with Gasteiger partial charge in [0.15, 0.2) is 0 Å². The van der Waals surface area contributed by atoms with Crippen LogP contribution in [0.4, 0.5) is 0 Å². The summed E-state index contributed by atoms with van der Waals surface area (Å²) < 4.78 is 13.3. The van der Waals surface area contributed by atoms with Crippen LogP contribution in [0.15, 0.2) is 189 Å². The smallest absolute Gasteiger partial charge is 0.260 e. The highest BCUT2D eigenvalue weighted by Gasteiger charge is 2.42. The van der Waals surface area contributed by atoms with Gasteiger partial charge in [-0.1, -0.05) is 103 Å². The van der Waals surface area contributed by atoms with Gasteiger partial charge >= 0.3 is 0 Å². The molecule has 0 amide bonds. The lowest BCUT2D eigenvalue weighted by Gasteiger charge is -2.42. The van der Waals surface area contributed by atoms with Crippen LogP contribution >= 0.6 is 10.0 Å². The number of para-hydroxylation sites is 2. The minimum absolute atomic E-state index is 0.0813. The van der Waals surface area contributed by atoms with Crippen molar-refractivity contribution < 1.29 is 9.47 Å². The van der Waals surface area contributed by atoms with E-state index in [1.165, 1.54) is 19.6 Å². The molecule has 5 heteroatoms. The molecule has 2 aliphatic heterocycles. The molecule has 9 rings (SSSR count). The third-order valence-electron chi connectivity index (χ3n) is 9.35. The van der Waals surface area contributed by atoms with Crippen LogP contribution in [0.3, 0.4) is 0 Å². The van der Waals surface area contributed by atoms with Gasteiger partial charge in [0.1, 0.15) is 29.1 Å². The van der Waals surface area contributed by atoms with Gasteiger partial charge in [0.05, 0.1) is 5.56 Å². The minimum Gasteiger partial charge on any atom is -0.458 e. The van der Waals surface area contributed by atoms with E-state index in [4.69, 9.17) is 9.47 Å². The summed E-state index contributed by atoms with van der Waals surface area (Å²) in [5.41, 5.74) is 5.36. The molecule has 0 spiro atoms. The van der Waals surface area contributed by atoms with Crippen molar-refractivity contribution in [3.63, 3.8) is 0 Å². The summed E-state index contributed by atoms with van der Waals surface area (Å²) in [6.07, 6.45) is 0. The molecular weight excluding hydrogens is 605 g/mol. The number of fused-ring (bicyclic) bond motifs is 4. The zero-order valence-electron chi connectivity index (χ0n) is 25.9. The fraction of sp³-hybridized carbons (Fsp3) is 0. The van der Waals surface area contributed by atoms with E-state index in [0.29, 0.717) is 17.1 Å². The molecule has 2 heterocycles. The zero-order chi connectivity index (χ0) is 32.1. The van der Waals surface area contributed by atoms with Crippen molar-refractivity contribution in [3.8, 4) is 40.2 Å². The van der Waals surface area contributed by atoms with Crippen molar-refractivity contribution >= 4 is 33.1 Å². The van der Waals surface area contributed by atoms with E-state index >= 15 is 0 Å². The van der Waals surface area contributed by atoms with Gasteiger partial charge < -0.3 is 9.47 Å². The lowest BCUT2D eigenvalue weighted by atomic mass is 9.34. The van der Waals surface area contributed by atoms with Crippen LogP contribution in [0.2, 0.25) is 0 Å². The predicted octanol–water partition coefficient (Wildman–Crippen LogP) is 9.29. The predicted molar refractivity (Wildman–Crippen MR) is 194 cm³/mol. The Kier molecular flexibility index (Phi) is 6.71. The third kappa shape index (κ3) is 4.24. The summed E-state index contributed by atoms with van der Waals surface area (Å²) in [5, 5.41) is 10.7. The maximum absolute atomic E-state index is 10.7. The molecule has 7 aromatic carbocycles. The van der Waals surface area contributed by atoms with Gasteiger partial charge in [-0.25, -0.2) is 0 Å². The van der Waals surface area contributed by atoms with Crippen molar-refractivity contribution in [2.24, 2.45) is 0 Å². The van der Waals surface area contributed by atoms with Gasteiger partial charge in [-0.05, 0) is 83.2 Å². The molecule has 0 fully saturated rings. The lowest BCUT2D eigenvalue weighted by molar-refractivity contribution is 0.465. The quantitative estimate of drug-likeness (QED) is 0.178. The second kappa shape index (κ2) is 11.4. The number of ether oxygens (including phenoxy) is 2. The Morgan fingerprint density at radius 3 is 1.54 bits per heavy atom. The highest BCUT2D eigenvalue weighted by Crippen LogP contribution is 2.73. The van der Waals surface area contributed by atoms with Crippen LogP contribution in [-0.4, -0.2) is 6.71 Å². The molecule has 0 aromatic heterocycles. The van der Waals surface area contributed by atoms with Crippen LogP contribution in [0.1, 0.15) is 5.56 Å². The molecule has 0 atom stereocenters. The van der Waals surface area contributed by atoms with Crippen molar-refractivity contribution in [1.82, 2.24) is 0 Å². The molecule has 226 valence electrons. The largest absolute Gasteiger partial charge is 0.458 e. The zero-order valence-corrected chi connectivity index (χ0v) is 26.7. The number of hydrogen-bond acceptors (Lipinski definition) is 3. The van der Waals surface area contributed by atoms with Gasteiger partial charge in [0.25, 0.3) is 6.71 Å². The number of nitrogens with zero attached hydrogens (tertiary/aromatic N) is 1. The summed E-state index contributed by atoms with van der Waals surface area (Å²) in [5.74, 6) is 2.94. The van der Waals surface area contributed by atoms with E-state index in [1.807, 2.05) is 30.3 Å². The molecule has 0 saturated heterocycles. The van der Waals surface area contributed by atoms with Gasteiger partial charge in [-0.3, -0.25) is 0 Å². The van der Waals surface area contributed by atoms with Crippen LogP contribution in [-0.2, 0) is 0 Å². The monoisotopic (exact) mass is 633 g/mol. The van der Waals surface area contributed by atoms with Gasteiger partial charge in [0.2, 0.25) is 0 Å². The molecule has 0 unspecified atom stereocenters. The topological polar surface area (TPSA) is 42.2 Å². The molecule has 48 heavy (non-hydrogen) atoms. The van der Waals surface area contributed by atoms with Crippen LogP contribution in [0.5, 0.6) is 23.0 Å². The second-order valence-electron chi connectivity index (χ2n) is 11.9. The van der Waals surface area contributed by atoms with E-state index in [-0.39, 0.29) is 6.71 Å². The van der Waals surface area contributed by atoms with Gasteiger partial charge in [-0.2, -0.15) is 5.26 Å². The third-order valence-corrected chi connectivity index (χ3v) is 13.2. The molecule has 0 aliphatic carbocycles. The molecule has 0 radical (unpaired) electrons. The Balaban J connectivity index is 1.33. The molecule has 0 N–H and O–H groups in total. The van der Waals surface area contributed by atoms with Gasteiger partial charge in [-0.15, -0.1) is 10.0 Å². The van der Waals surface area contributed by atoms with E-state index in [2.05, 4.69) is 146 Å². The van der Waals surface area contributed by atoms with E-state index < -0.39 is 10.0 Å². The number of benzene rings is 7. The molecule has 0 bridgehead atoms. The van der Waals surface area contributed by atoms with E-state index in [9.17, 15) is 5.26 Å². The summed E-state index contributed by atoms with van der Waals surface area (Å²) in [7, 11) is -1.93. The fourth-order valence-electron chi connectivity index (χ4n) is 7.35. The minimum atomic E-state index is -1.93. The van der Waals surface area contributed by atoms with Crippen molar-refractivity contribution in [2.45, 2.75) is 19.6 Å². The van der Waals surface area contributed by atoms with Crippen LogP contribution < -0.4 is 25.9 Å². The molecule has 3 nitrogen and oxygen atoms in total. The molecule has 2 aliphatic rings. The molecule has 0 saturated carbocycles. The van der Waals surface area contributed by atoms with Crippen LogP contribution in [0.25, 0.3) is 11.1 Å². The number of hydrogen-bond donors (Lipinski definition) is 0. The maximum atomic E-state index is 10.7. The first-order valence-electron chi connectivity index (χ1n) is 16.0. The van der Waals surface area contributed by atoms with Crippen molar-refractivity contribution in [1.29, 1.82) is 5.26 Å². The van der Waals surface area contributed by atoms with Crippen molar-refractivity contribution in [3.05, 3.63) is 175 Å². The normalized spacial score (nSPS) is 12.8. The first kappa shape index (κ1) is 28.3. The first-order valence-corrected chi connectivity index (χ1v) is 17.6. The summed E-state index contributed by atoms with van der Waals surface area (Å²) >= 11 is 0. The lowest BCUT2D eigenvalue weighted by Crippen LogP contribution is -2.57. The van der Waals surface area contributed by atoms with Crippen molar-refractivity contribution in [2.75, 3.05) is 0 Å². The van der Waals surface area contributed by atoms with Crippen LogP contribution in [0, 0.1) is 11.3 Å². The second-order valence-corrected chi connectivity index (χ2v) is 15.1. The fourth-order valence-corrected chi connectivity index (χ4v) is 11.3. The number of rotatable bonds is 5. The highest BCUT2D eigenvalue weighted by molar-refractivity contribution is 8.34. The average molecular weight is 634 g/mol. The Bertz CT molecular complexity index is 2260. The number of nitriles is 1. The van der Waals surface area contributed by atoms with E-state index in [0.717, 1.165) is 39.0 Å². The average Bonchev–Trinajstić information content (AvgIpc) is 3.16. The Hall–Kier alpha value is -5.96. The Morgan fingerprint density at radius 2 is 0.979 bits per heavy atom. The standard InChI is InChI=1S/C43H28BNO2S/c45-29-31-28-40-42-43(47-39-26-13-11-24-37(39)44(42)36-23-10-12-25-38(36)46-40)41(31)30-15-14-22-35(27-30)48(32-16-4-1-5-17-32,33-18-6-2-7-19-33)34-20-8-3-9-21-34/h1-28H. The summed E-state index contributed by atoms with van der Waals surface area (Å²) in [4.78, 5) is 4.89. The van der Waals surface area contributed by atoms with Gasteiger partial charge in [0, 0.05) is 30.6 Å². The maximum Gasteiger partial charge on any atom is 0.260 e. The molecule has 7 aromatic rings. The Morgan fingerprint density at radius 1 is 0.479 bits per heavy atom. The summed E-state index contributed by atoms with van der Waals surface area (Å²) in [6, 6.07) is 61.9. The SMILES string of the molecule is N#Cc1cc2c3c(c1-c1cccc(S(c4ccccc4)(c4ccccc4)c4ccccc4)c1)Oc1ccccc1B3c1ccccc1O2.